The van der Waals surface area contributed by atoms with Crippen molar-refractivity contribution < 1.29 is 12.7 Å². The van der Waals surface area contributed by atoms with Gasteiger partial charge in [-0.15, -0.1) is 0 Å². The van der Waals surface area contributed by atoms with Crippen LogP contribution in [-0.4, -0.2) is 37.7 Å². The molecule has 8 heteroatoms. The van der Waals surface area contributed by atoms with Crippen LogP contribution in [0.3, 0.4) is 0 Å². The molecule has 0 aliphatic heterocycles. The van der Waals surface area contributed by atoms with Gasteiger partial charge in [-0.25, -0.2) is 0 Å². The van der Waals surface area contributed by atoms with E-state index in [2.05, 4.69) is 42.2 Å². The molecule has 0 rings (SSSR count). The molecule has 0 aliphatic rings. The van der Waals surface area contributed by atoms with E-state index in [0.29, 0.717) is 0 Å². The van der Waals surface area contributed by atoms with E-state index in [1.54, 1.807) is 6.55 Å². The molecule has 0 fully saturated rings. The van der Waals surface area contributed by atoms with Crippen molar-refractivity contribution in [1.29, 1.82) is 0 Å². The van der Waals surface area contributed by atoms with Gasteiger partial charge in [0, 0.05) is 4.05 Å². The van der Waals surface area contributed by atoms with Crippen LogP contribution < -0.4 is 0 Å². The van der Waals surface area contributed by atoms with Crippen molar-refractivity contribution in [2.45, 2.75) is 39.3 Å². The van der Waals surface area contributed by atoms with Gasteiger partial charge in [0.15, 0.2) is 8.32 Å². The highest BCUT2D eigenvalue weighted by atomic mass is 127. The van der Waals surface area contributed by atoms with Crippen molar-refractivity contribution in [2.24, 2.45) is 0 Å². The van der Waals surface area contributed by atoms with E-state index in [9.17, 15) is 4.46 Å². The Hall–Kier alpha value is 1.32. The van der Waals surface area contributed by atoms with E-state index in [4.69, 9.17) is 8.23 Å². The summed E-state index contributed by atoms with van der Waals surface area (Å²) in [4.78, 5) is 0. The number of hydrogen-bond acceptors (Lipinski definition) is 3. The van der Waals surface area contributed by atoms with Gasteiger partial charge < -0.3 is 12.7 Å². The molecule has 0 N–H and O–H groups in total. The second-order valence-corrected chi connectivity index (χ2v) is 23.7. The summed E-state index contributed by atoms with van der Waals surface area (Å²) in [6.07, 6.45) is 0. The average Bonchev–Trinajstić information content (AvgIpc) is 2.01. The normalized spacial score (nSPS) is 15.1. The summed E-state index contributed by atoms with van der Waals surface area (Å²) in [5.41, 5.74) is 0. The lowest BCUT2D eigenvalue weighted by Gasteiger charge is -2.29. The lowest BCUT2D eigenvalue weighted by atomic mass is 11.8. The topological polar surface area (TPSA) is 35.5 Å². The molecule has 3 nitrogen and oxygen atoms in total. The molecular weight excluding hydrogens is 371 g/mol. The second-order valence-electron chi connectivity index (χ2n) is 4.76. The standard InChI is InChI=1S/C7H21IO3Si4/c1-12(9)15(5,6)11-13(2)10-14(3,4)7-8/h13H,7H2,1-6H3. The fraction of sp³-hybridized carbons (Fsp3) is 1.00. The lowest BCUT2D eigenvalue weighted by Crippen LogP contribution is -2.49. The molecule has 15 heavy (non-hydrogen) atoms. The smallest absolute Gasteiger partial charge is 0.297 e. The predicted octanol–water partition coefficient (Wildman–Crippen LogP) is 2.38. The second kappa shape index (κ2) is 6.30. The average molecular weight is 392 g/mol. The van der Waals surface area contributed by atoms with Crippen molar-refractivity contribution in [3.8, 4) is 0 Å². The first-order valence-corrected chi connectivity index (χ1v) is 17.6. The minimum Gasteiger partial charge on any atom is -0.438 e. The summed E-state index contributed by atoms with van der Waals surface area (Å²) >= 11 is 2.37. The largest absolute Gasteiger partial charge is 0.438 e. The van der Waals surface area contributed by atoms with Crippen molar-refractivity contribution in [1.82, 2.24) is 0 Å². The molecule has 0 aromatic rings. The van der Waals surface area contributed by atoms with E-state index in [-0.39, 0.29) is 0 Å². The molecule has 0 saturated heterocycles. The quantitative estimate of drug-likeness (QED) is 0.396. The first-order chi connectivity index (χ1) is 6.60. The maximum absolute atomic E-state index is 11.5. The first kappa shape index (κ1) is 16.3. The van der Waals surface area contributed by atoms with Crippen molar-refractivity contribution in [3.63, 3.8) is 0 Å². The van der Waals surface area contributed by atoms with Crippen LogP contribution in [0.2, 0.25) is 39.3 Å². The molecular formula is C7H21IO3Si4. The summed E-state index contributed by atoms with van der Waals surface area (Å²) in [7, 11) is -6.59. The number of alkyl halides is 1. The van der Waals surface area contributed by atoms with E-state index in [1.807, 2.05) is 13.1 Å². The molecule has 0 heterocycles. The number of rotatable bonds is 6. The van der Waals surface area contributed by atoms with Crippen LogP contribution in [-0.2, 0) is 12.7 Å². The van der Waals surface area contributed by atoms with Crippen molar-refractivity contribution >= 4 is 56.2 Å². The Labute approximate surface area is 112 Å². The van der Waals surface area contributed by atoms with Gasteiger partial charge in [-0.3, -0.25) is 0 Å². The van der Waals surface area contributed by atoms with Crippen LogP contribution in [0.4, 0.5) is 0 Å². The van der Waals surface area contributed by atoms with Crippen LogP contribution in [0.5, 0.6) is 0 Å². The minimum atomic E-state index is -1.95. The summed E-state index contributed by atoms with van der Waals surface area (Å²) in [5, 5.41) is 0. The van der Waals surface area contributed by atoms with Crippen molar-refractivity contribution in [3.05, 3.63) is 0 Å². The fourth-order valence-corrected chi connectivity index (χ4v) is 14.1. The Morgan fingerprint density at radius 1 is 1.27 bits per heavy atom. The SMILES string of the molecule is C[Si](=O)[Si](C)(C)O[SiH](C)O[Si](C)(C)CI. The predicted molar refractivity (Wildman–Crippen MR) is 81.3 cm³/mol. The fourth-order valence-electron chi connectivity index (χ4n) is 1.00. The Morgan fingerprint density at radius 3 is 2.07 bits per heavy atom. The Morgan fingerprint density at radius 2 is 1.73 bits per heavy atom. The Bertz CT molecular complexity index is 234. The highest BCUT2D eigenvalue weighted by molar-refractivity contribution is 14.1. The van der Waals surface area contributed by atoms with E-state index >= 15 is 0 Å². The van der Waals surface area contributed by atoms with Crippen LogP contribution in [0.25, 0.3) is 0 Å². The van der Waals surface area contributed by atoms with E-state index in [0.717, 1.165) is 4.05 Å². The van der Waals surface area contributed by atoms with Gasteiger partial charge in [0.25, 0.3) is 17.5 Å². The van der Waals surface area contributed by atoms with Crippen LogP contribution in [0, 0.1) is 0 Å². The van der Waals surface area contributed by atoms with Gasteiger partial charge in [0.2, 0.25) is 7.83 Å². The number of hydrogen-bond donors (Lipinski definition) is 0. The number of halogens is 1. The maximum atomic E-state index is 11.5. The molecule has 1 unspecified atom stereocenters. The van der Waals surface area contributed by atoms with Gasteiger partial charge in [0.1, 0.15) is 0 Å². The van der Waals surface area contributed by atoms with Gasteiger partial charge in [-0.05, 0) is 39.3 Å². The zero-order valence-electron chi connectivity index (χ0n) is 10.4. The monoisotopic (exact) mass is 392 g/mol. The maximum Gasteiger partial charge on any atom is 0.297 e. The highest BCUT2D eigenvalue weighted by Gasteiger charge is 2.35. The molecule has 0 bridgehead atoms. The van der Waals surface area contributed by atoms with Crippen LogP contribution >= 0.6 is 22.6 Å². The molecule has 0 aromatic carbocycles. The highest BCUT2D eigenvalue weighted by Crippen LogP contribution is 2.14. The third kappa shape index (κ3) is 6.58. The summed E-state index contributed by atoms with van der Waals surface area (Å²) < 4.78 is 24.6. The Kier molecular flexibility index (Phi) is 6.86. The summed E-state index contributed by atoms with van der Waals surface area (Å²) in [5.74, 6) is 0. The molecule has 0 aromatic heterocycles. The van der Waals surface area contributed by atoms with Gasteiger partial charge >= 0.3 is 0 Å². The lowest BCUT2D eigenvalue weighted by molar-refractivity contribution is 0.430. The zero-order chi connectivity index (χ0) is 12.3. The van der Waals surface area contributed by atoms with Crippen LogP contribution in [0.15, 0.2) is 0 Å². The summed E-state index contributed by atoms with van der Waals surface area (Å²) in [6.45, 7) is 12.3. The van der Waals surface area contributed by atoms with Gasteiger partial charge in [0.05, 0.1) is 0 Å². The first-order valence-electron chi connectivity index (χ1n) is 5.03. The van der Waals surface area contributed by atoms with Gasteiger partial charge in [-0.1, -0.05) is 22.6 Å². The van der Waals surface area contributed by atoms with Crippen molar-refractivity contribution in [2.75, 3.05) is 4.05 Å². The summed E-state index contributed by atoms with van der Waals surface area (Å²) in [6, 6.07) is 0. The Balaban J connectivity index is 4.26. The minimum absolute atomic E-state index is 1.08. The third-order valence-electron chi connectivity index (χ3n) is 2.12. The molecule has 0 spiro atoms. The molecule has 90 valence electrons. The van der Waals surface area contributed by atoms with E-state index < -0.39 is 33.6 Å². The molecule has 0 amide bonds. The zero-order valence-corrected chi connectivity index (χ0v) is 16.7. The molecule has 1 atom stereocenters. The van der Waals surface area contributed by atoms with E-state index in [1.165, 1.54) is 0 Å². The molecule has 0 radical (unpaired) electrons. The van der Waals surface area contributed by atoms with Gasteiger partial charge in [-0.2, -0.15) is 0 Å². The third-order valence-corrected chi connectivity index (χ3v) is 23.7. The van der Waals surface area contributed by atoms with Crippen LogP contribution in [0.1, 0.15) is 0 Å². The molecule has 0 aliphatic carbocycles. The molecule has 0 saturated carbocycles.